The number of rotatable bonds is 0. The maximum atomic E-state index is 11.8. The maximum Gasteiger partial charge on any atom is 0.434 e. The Hall–Kier alpha value is -0.580. The molecule has 0 fully saturated rings. The number of halogens is 3. The van der Waals surface area contributed by atoms with E-state index in [1.807, 2.05) is 13.8 Å². The van der Waals surface area contributed by atoms with E-state index in [9.17, 15) is 13.2 Å². The van der Waals surface area contributed by atoms with Crippen LogP contribution in [-0.4, -0.2) is 4.98 Å². The predicted octanol–water partition coefficient (Wildman–Crippen LogP) is 3.50. The van der Waals surface area contributed by atoms with Crippen molar-refractivity contribution in [1.82, 2.24) is 4.98 Å². The van der Waals surface area contributed by atoms with Gasteiger partial charge in [-0.25, -0.2) is 4.98 Å². The van der Waals surface area contributed by atoms with Crippen LogP contribution in [-0.2, 0) is 6.18 Å². The van der Waals surface area contributed by atoms with Crippen molar-refractivity contribution in [3.63, 3.8) is 0 Å². The van der Waals surface area contributed by atoms with Gasteiger partial charge in [-0.1, -0.05) is 13.8 Å². The van der Waals surface area contributed by atoms with Gasteiger partial charge in [0.2, 0.25) is 0 Å². The quantitative estimate of drug-likeness (QED) is 0.620. The van der Waals surface area contributed by atoms with E-state index in [1.165, 1.54) is 12.4 Å². The molecular weight excluding hydrogens is 187 g/mol. The van der Waals surface area contributed by atoms with Crippen molar-refractivity contribution in [2.45, 2.75) is 26.9 Å². The lowest BCUT2D eigenvalue weighted by Gasteiger charge is -2.01. The lowest BCUT2D eigenvalue weighted by molar-refractivity contribution is -0.141. The normalized spacial score (nSPS) is 10.5. The molecule has 0 amide bonds. The Morgan fingerprint density at radius 1 is 1.33 bits per heavy atom. The lowest BCUT2D eigenvalue weighted by atomic mass is 10.4. The van der Waals surface area contributed by atoms with Crippen molar-refractivity contribution in [3.8, 4) is 0 Å². The molecule has 0 saturated heterocycles. The molecule has 0 spiro atoms. The number of aryl methyl sites for hydroxylation is 1. The highest BCUT2D eigenvalue weighted by Crippen LogP contribution is 2.31. The van der Waals surface area contributed by atoms with Crippen LogP contribution in [0.15, 0.2) is 5.51 Å². The van der Waals surface area contributed by atoms with Gasteiger partial charge in [0.15, 0.2) is 5.69 Å². The zero-order valence-electron chi connectivity index (χ0n) is 7.07. The van der Waals surface area contributed by atoms with Crippen molar-refractivity contribution in [2.24, 2.45) is 0 Å². The smallest absolute Gasteiger partial charge is 0.240 e. The monoisotopic (exact) mass is 197 g/mol. The van der Waals surface area contributed by atoms with E-state index in [1.54, 1.807) is 0 Å². The summed E-state index contributed by atoms with van der Waals surface area (Å²) in [5, 5.41) is 0. The first-order valence-corrected chi connectivity index (χ1v) is 4.37. The summed E-state index contributed by atoms with van der Waals surface area (Å²) in [5.74, 6) is 0. The molecule has 0 aromatic carbocycles. The highest BCUT2D eigenvalue weighted by atomic mass is 32.1. The van der Waals surface area contributed by atoms with Crippen molar-refractivity contribution in [1.29, 1.82) is 0 Å². The Kier molecular flexibility index (Phi) is 4.23. The van der Waals surface area contributed by atoms with E-state index in [0.717, 1.165) is 11.3 Å². The van der Waals surface area contributed by atoms with E-state index in [2.05, 4.69) is 4.98 Å². The summed E-state index contributed by atoms with van der Waals surface area (Å²) < 4.78 is 35.5. The molecule has 5 heteroatoms. The van der Waals surface area contributed by atoms with Crippen molar-refractivity contribution < 1.29 is 13.2 Å². The van der Waals surface area contributed by atoms with Gasteiger partial charge in [0.1, 0.15) is 0 Å². The standard InChI is InChI=1S/C5H4F3NS.C2H6/c1-3-4(5(6,7)8)9-2-10-3;1-2/h2H,1H3;1-2H3. The minimum atomic E-state index is -4.29. The summed E-state index contributed by atoms with van der Waals surface area (Å²) in [6.07, 6.45) is -4.29. The average molecular weight is 197 g/mol. The fourth-order valence-electron chi connectivity index (χ4n) is 0.578. The first kappa shape index (κ1) is 11.4. The molecule has 1 aromatic heterocycles. The summed E-state index contributed by atoms with van der Waals surface area (Å²) in [7, 11) is 0. The molecule has 70 valence electrons. The Labute approximate surface area is 73.3 Å². The Balaban J connectivity index is 0.000000561. The minimum absolute atomic E-state index is 0.215. The second-order valence-electron chi connectivity index (χ2n) is 1.75. The third-order valence-electron chi connectivity index (χ3n) is 1.01. The van der Waals surface area contributed by atoms with Gasteiger partial charge >= 0.3 is 6.18 Å². The van der Waals surface area contributed by atoms with E-state index in [0.29, 0.717) is 0 Å². The molecule has 0 aliphatic carbocycles. The highest BCUT2D eigenvalue weighted by molar-refractivity contribution is 7.09. The van der Waals surface area contributed by atoms with Crippen LogP contribution in [0.2, 0.25) is 0 Å². The van der Waals surface area contributed by atoms with E-state index in [-0.39, 0.29) is 4.88 Å². The number of aromatic nitrogens is 1. The van der Waals surface area contributed by atoms with Gasteiger partial charge in [-0.05, 0) is 6.92 Å². The molecule has 0 aliphatic heterocycles. The van der Waals surface area contributed by atoms with Gasteiger partial charge in [-0.3, -0.25) is 0 Å². The fourth-order valence-corrected chi connectivity index (χ4v) is 1.17. The summed E-state index contributed by atoms with van der Waals surface area (Å²) in [6.45, 7) is 5.40. The molecule has 0 aliphatic rings. The average Bonchev–Trinajstić information content (AvgIpc) is 2.38. The van der Waals surface area contributed by atoms with Crippen LogP contribution in [0.4, 0.5) is 13.2 Å². The molecule has 1 nitrogen and oxygen atoms in total. The topological polar surface area (TPSA) is 12.9 Å². The van der Waals surface area contributed by atoms with Gasteiger partial charge in [0.25, 0.3) is 0 Å². The number of nitrogens with zero attached hydrogens (tertiary/aromatic N) is 1. The first-order chi connectivity index (χ1) is 5.52. The number of hydrogen-bond acceptors (Lipinski definition) is 2. The van der Waals surface area contributed by atoms with Gasteiger partial charge in [-0.2, -0.15) is 13.2 Å². The van der Waals surface area contributed by atoms with E-state index >= 15 is 0 Å². The van der Waals surface area contributed by atoms with E-state index in [4.69, 9.17) is 0 Å². The van der Waals surface area contributed by atoms with Crippen molar-refractivity contribution >= 4 is 11.3 Å². The molecule has 0 saturated carbocycles. The van der Waals surface area contributed by atoms with Gasteiger partial charge in [-0.15, -0.1) is 11.3 Å². The number of thiazole rings is 1. The molecule has 0 N–H and O–H groups in total. The molecule has 12 heavy (non-hydrogen) atoms. The van der Waals surface area contributed by atoms with Crippen LogP contribution in [0.1, 0.15) is 24.4 Å². The molecule has 0 atom stereocenters. The molecule has 1 heterocycles. The van der Waals surface area contributed by atoms with Crippen LogP contribution < -0.4 is 0 Å². The minimum Gasteiger partial charge on any atom is -0.240 e. The number of hydrogen-bond donors (Lipinski definition) is 0. The van der Waals surface area contributed by atoms with Crippen LogP contribution in [0.25, 0.3) is 0 Å². The predicted molar refractivity (Wildman–Crippen MR) is 43.2 cm³/mol. The molecule has 1 aromatic rings. The SMILES string of the molecule is CC.Cc1scnc1C(F)(F)F. The first-order valence-electron chi connectivity index (χ1n) is 3.49. The van der Waals surface area contributed by atoms with Crippen molar-refractivity contribution in [3.05, 3.63) is 16.1 Å². The molecule has 0 bridgehead atoms. The summed E-state index contributed by atoms with van der Waals surface area (Å²) in [6, 6.07) is 0. The zero-order valence-corrected chi connectivity index (χ0v) is 7.88. The van der Waals surface area contributed by atoms with Gasteiger partial charge in [0.05, 0.1) is 5.51 Å². The Morgan fingerprint density at radius 3 is 2.00 bits per heavy atom. The Bertz CT molecular complexity index is 229. The highest BCUT2D eigenvalue weighted by Gasteiger charge is 2.34. The molecular formula is C7H10F3NS. The van der Waals surface area contributed by atoms with Crippen LogP contribution in [0, 0.1) is 6.92 Å². The second-order valence-corrected chi connectivity index (χ2v) is 2.81. The molecule has 1 rings (SSSR count). The summed E-state index contributed by atoms with van der Waals surface area (Å²) in [4.78, 5) is 3.40. The second kappa shape index (κ2) is 4.45. The third kappa shape index (κ3) is 2.81. The number of alkyl halides is 3. The largest absolute Gasteiger partial charge is 0.434 e. The van der Waals surface area contributed by atoms with Crippen LogP contribution in [0.5, 0.6) is 0 Å². The summed E-state index contributed by atoms with van der Waals surface area (Å²) >= 11 is 1.00. The van der Waals surface area contributed by atoms with Crippen LogP contribution >= 0.6 is 11.3 Å². The molecule has 0 radical (unpaired) electrons. The lowest BCUT2D eigenvalue weighted by Crippen LogP contribution is -2.06. The third-order valence-corrected chi connectivity index (χ3v) is 1.77. The Morgan fingerprint density at radius 2 is 1.83 bits per heavy atom. The zero-order chi connectivity index (χ0) is 9.78. The molecule has 0 unspecified atom stereocenters. The van der Waals surface area contributed by atoms with E-state index < -0.39 is 11.9 Å². The van der Waals surface area contributed by atoms with Gasteiger partial charge in [0, 0.05) is 4.88 Å². The summed E-state index contributed by atoms with van der Waals surface area (Å²) in [5.41, 5.74) is 0.426. The fraction of sp³-hybridized carbons (Fsp3) is 0.571. The maximum absolute atomic E-state index is 11.8. The van der Waals surface area contributed by atoms with Crippen molar-refractivity contribution in [2.75, 3.05) is 0 Å². The van der Waals surface area contributed by atoms with Gasteiger partial charge < -0.3 is 0 Å². The van der Waals surface area contributed by atoms with Crippen LogP contribution in [0.3, 0.4) is 0 Å².